The van der Waals surface area contributed by atoms with Crippen molar-refractivity contribution in [1.82, 2.24) is 20.0 Å². The number of carbonyl (C=O) groups excluding carboxylic acids is 3. The predicted octanol–water partition coefficient (Wildman–Crippen LogP) is 2.43. The molecule has 9 heteroatoms. The summed E-state index contributed by atoms with van der Waals surface area (Å²) in [6.45, 7) is 4.44. The van der Waals surface area contributed by atoms with Crippen molar-refractivity contribution < 1.29 is 14.4 Å². The first kappa shape index (κ1) is 21.5. The van der Waals surface area contributed by atoms with Gasteiger partial charge in [0.2, 0.25) is 0 Å². The van der Waals surface area contributed by atoms with Gasteiger partial charge in [0.05, 0.1) is 4.91 Å². The molecular weight excluding hydrogens is 404 g/mol. The molecule has 1 aliphatic heterocycles. The van der Waals surface area contributed by atoms with Gasteiger partial charge < -0.3 is 5.32 Å². The fourth-order valence-corrected chi connectivity index (χ4v) is 3.69. The minimum atomic E-state index is -0.470. The fourth-order valence-electron chi connectivity index (χ4n) is 2.82. The van der Waals surface area contributed by atoms with Crippen molar-refractivity contribution in [3.63, 3.8) is 0 Å². The Labute approximate surface area is 178 Å². The van der Waals surface area contributed by atoms with Crippen molar-refractivity contribution in [3.8, 4) is 0 Å². The van der Waals surface area contributed by atoms with Gasteiger partial charge in [-0.25, -0.2) is 4.68 Å². The van der Waals surface area contributed by atoms with E-state index in [0.29, 0.717) is 17.9 Å². The second-order valence-electron chi connectivity index (χ2n) is 6.78. The van der Waals surface area contributed by atoms with Gasteiger partial charge in [0.15, 0.2) is 0 Å². The molecule has 2 aromatic rings. The van der Waals surface area contributed by atoms with Crippen LogP contribution in [0.25, 0.3) is 6.08 Å². The quantitative estimate of drug-likeness (QED) is 0.683. The molecule has 0 spiro atoms. The molecule has 0 unspecified atom stereocenters. The van der Waals surface area contributed by atoms with E-state index in [-0.39, 0.29) is 35.5 Å². The second kappa shape index (κ2) is 9.53. The highest BCUT2D eigenvalue weighted by Crippen LogP contribution is 2.31. The highest BCUT2D eigenvalue weighted by atomic mass is 32.2. The first-order chi connectivity index (χ1) is 14.4. The number of nitrogens with zero attached hydrogens (tertiary/aromatic N) is 3. The van der Waals surface area contributed by atoms with Crippen LogP contribution in [0.1, 0.15) is 35.0 Å². The molecule has 1 aromatic heterocycles. The lowest BCUT2D eigenvalue weighted by molar-refractivity contribution is -0.122. The molecule has 1 N–H and O–H groups in total. The van der Waals surface area contributed by atoms with E-state index in [4.69, 9.17) is 0 Å². The molecule has 0 saturated carbocycles. The molecule has 0 atom stereocenters. The van der Waals surface area contributed by atoms with E-state index in [0.717, 1.165) is 27.8 Å². The highest BCUT2D eigenvalue weighted by molar-refractivity contribution is 8.18. The highest BCUT2D eigenvalue weighted by Gasteiger charge is 2.34. The van der Waals surface area contributed by atoms with Gasteiger partial charge in [0, 0.05) is 25.7 Å². The number of imide groups is 1. The molecule has 1 fully saturated rings. The third kappa shape index (κ3) is 5.04. The lowest BCUT2D eigenvalue weighted by Crippen LogP contribution is -2.38. The Kier molecular flexibility index (Phi) is 6.83. The van der Waals surface area contributed by atoms with Gasteiger partial charge in [-0.2, -0.15) is 5.10 Å². The van der Waals surface area contributed by atoms with Crippen LogP contribution in [0.4, 0.5) is 4.79 Å². The van der Waals surface area contributed by atoms with Crippen LogP contribution in [0, 0.1) is 6.92 Å². The zero-order valence-electron chi connectivity index (χ0n) is 16.8. The van der Waals surface area contributed by atoms with E-state index in [1.165, 1.54) is 16.8 Å². The smallest absolute Gasteiger partial charge is 0.293 e. The van der Waals surface area contributed by atoms with Crippen LogP contribution in [0.3, 0.4) is 0 Å². The monoisotopic (exact) mass is 426 g/mol. The van der Waals surface area contributed by atoms with Gasteiger partial charge in [-0.3, -0.25) is 24.1 Å². The number of thioether (sulfide) groups is 1. The van der Waals surface area contributed by atoms with Gasteiger partial charge in [-0.15, -0.1) is 0 Å². The number of aromatic nitrogens is 2. The molecule has 1 aliphatic rings. The number of aryl methyl sites for hydroxylation is 2. The first-order valence-electron chi connectivity index (χ1n) is 9.57. The normalized spacial score (nSPS) is 15.1. The third-order valence-electron chi connectivity index (χ3n) is 4.40. The maximum atomic E-state index is 12.5. The van der Waals surface area contributed by atoms with Crippen LogP contribution in [0.15, 0.2) is 46.1 Å². The summed E-state index contributed by atoms with van der Waals surface area (Å²) in [4.78, 5) is 50.2. The SMILES string of the molecule is CCCn1nc(C(=O)NCCN2C(=O)S/C(=C\c3ccc(C)cc3)C2=O)ccc1=O. The van der Waals surface area contributed by atoms with Gasteiger partial charge in [0.25, 0.3) is 22.6 Å². The minimum absolute atomic E-state index is 0.0518. The van der Waals surface area contributed by atoms with E-state index < -0.39 is 5.91 Å². The number of hydrogen-bond acceptors (Lipinski definition) is 6. The van der Waals surface area contributed by atoms with Crippen LogP contribution in [0.2, 0.25) is 0 Å². The zero-order valence-corrected chi connectivity index (χ0v) is 17.6. The molecule has 1 aromatic carbocycles. The Balaban J connectivity index is 1.59. The fraction of sp³-hybridized carbons (Fsp3) is 0.286. The Morgan fingerprint density at radius 2 is 1.83 bits per heavy atom. The van der Waals surface area contributed by atoms with E-state index >= 15 is 0 Å². The molecular formula is C21H22N4O4S. The standard InChI is InChI=1S/C21H22N4O4S/c1-3-11-25-18(26)9-8-16(23-25)19(27)22-10-12-24-20(28)17(30-21(24)29)13-15-6-4-14(2)5-7-15/h4-9,13H,3,10-12H2,1-2H3,(H,22,27)/b17-13-. The van der Waals surface area contributed by atoms with Crippen LogP contribution < -0.4 is 10.9 Å². The Hall–Kier alpha value is -3.20. The predicted molar refractivity (Wildman–Crippen MR) is 115 cm³/mol. The van der Waals surface area contributed by atoms with E-state index in [9.17, 15) is 19.2 Å². The third-order valence-corrected chi connectivity index (χ3v) is 5.31. The van der Waals surface area contributed by atoms with E-state index in [2.05, 4.69) is 10.4 Å². The van der Waals surface area contributed by atoms with Crippen molar-refractivity contribution in [1.29, 1.82) is 0 Å². The Bertz CT molecular complexity index is 1060. The topological polar surface area (TPSA) is 101 Å². The summed E-state index contributed by atoms with van der Waals surface area (Å²) in [6.07, 6.45) is 2.40. The molecule has 3 rings (SSSR count). The molecule has 156 valence electrons. The lowest BCUT2D eigenvalue weighted by Gasteiger charge is -2.13. The summed E-state index contributed by atoms with van der Waals surface area (Å²) in [5, 5.41) is 6.30. The molecule has 0 radical (unpaired) electrons. The summed E-state index contributed by atoms with van der Waals surface area (Å²) in [6, 6.07) is 10.3. The molecule has 3 amide bonds. The maximum absolute atomic E-state index is 12.5. The average Bonchev–Trinajstić information content (AvgIpc) is 2.98. The van der Waals surface area contributed by atoms with Crippen molar-refractivity contribution >= 4 is 34.9 Å². The van der Waals surface area contributed by atoms with Crippen LogP contribution in [-0.2, 0) is 11.3 Å². The number of nitrogens with one attached hydrogen (secondary N) is 1. The molecule has 0 aliphatic carbocycles. The zero-order chi connectivity index (χ0) is 21.7. The summed E-state index contributed by atoms with van der Waals surface area (Å²) in [7, 11) is 0. The summed E-state index contributed by atoms with van der Waals surface area (Å²) >= 11 is 0.880. The van der Waals surface area contributed by atoms with Crippen molar-refractivity contribution in [2.24, 2.45) is 0 Å². The van der Waals surface area contributed by atoms with Gasteiger partial charge in [-0.05, 0) is 42.8 Å². The minimum Gasteiger partial charge on any atom is -0.349 e. The summed E-state index contributed by atoms with van der Waals surface area (Å²) in [5.74, 6) is -0.850. The van der Waals surface area contributed by atoms with Crippen LogP contribution in [-0.4, -0.2) is 44.8 Å². The largest absolute Gasteiger partial charge is 0.349 e. The second-order valence-corrected chi connectivity index (χ2v) is 7.77. The van der Waals surface area contributed by atoms with Gasteiger partial charge >= 0.3 is 0 Å². The first-order valence-corrected chi connectivity index (χ1v) is 10.4. The Morgan fingerprint density at radius 3 is 2.53 bits per heavy atom. The molecule has 30 heavy (non-hydrogen) atoms. The number of carbonyl (C=O) groups is 3. The van der Waals surface area contributed by atoms with E-state index in [1.807, 2.05) is 38.1 Å². The van der Waals surface area contributed by atoms with Crippen molar-refractivity contribution in [2.45, 2.75) is 26.8 Å². The van der Waals surface area contributed by atoms with Crippen LogP contribution in [0.5, 0.6) is 0 Å². The van der Waals surface area contributed by atoms with E-state index in [1.54, 1.807) is 6.08 Å². The molecule has 8 nitrogen and oxygen atoms in total. The lowest BCUT2D eigenvalue weighted by atomic mass is 10.1. The summed E-state index contributed by atoms with van der Waals surface area (Å²) in [5.41, 5.74) is 1.78. The van der Waals surface area contributed by atoms with Gasteiger partial charge in [0.1, 0.15) is 5.69 Å². The number of rotatable bonds is 7. The summed E-state index contributed by atoms with van der Waals surface area (Å²) < 4.78 is 1.24. The van der Waals surface area contributed by atoms with Gasteiger partial charge in [-0.1, -0.05) is 36.8 Å². The average molecular weight is 426 g/mol. The van der Waals surface area contributed by atoms with Crippen LogP contribution >= 0.6 is 11.8 Å². The number of amides is 3. The number of hydrogen-bond donors (Lipinski definition) is 1. The molecule has 0 bridgehead atoms. The number of benzene rings is 1. The molecule has 1 saturated heterocycles. The molecule has 2 heterocycles. The maximum Gasteiger partial charge on any atom is 0.293 e. The Morgan fingerprint density at radius 1 is 1.10 bits per heavy atom. The van der Waals surface area contributed by atoms with Crippen molar-refractivity contribution in [3.05, 3.63) is 68.5 Å². The van der Waals surface area contributed by atoms with Crippen molar-refractivity contribution in [2.75, 3.05) is 13.1 Å².